The van der Waals surface area contributed by atoms with Crippen LogP contribution in [0.2, 0.25) is 0 Å². The molecule has 0 atom stereocenters. The maximum absolute atomic E-state index is 11.3. The number of rotatable bonds is 3. The second-order valence-corrected chi connectivity index (χ2v) is 4.89. The number of aromatic carboxylic acids is 1. The molecule has 1 saturated heterocycles. The Bertz CT molecular complexity index is 629. The van der Waals surface area contributed by atoms with Gasteiger partial charge >= 0.3 is 5.97 Å². The fourth-order valence-electron chi connectivity index (χ4n) is 2.53. The van der Waals surface area contributed by atoms with Crippen molar-refractivity contribution in [1.82, 2.24) is 0 Å². The largest absolute Gasteiger partial charge is 0.490 e. The summed E-state index contributed by atoms with van der Waals surface area (Å²) in [6, 6.07) is 10.8. The standard InChI is InChI=1S/C16H16O4/c17-16(18)14-5-6-15(13-4-2-1-3-12(13)14)20-11-7-9-19-10-8-11/h1-6,11H,7-10H2,(H,17,18). The highest BCUT2D eigenvalue weighted by molar-refractivity contribution is 6.05. The van der Waals surface area contributed by atoms with Gasteiger partial charge in [-0.05, 0) is 17.5 Å². The zero-order valence-corrected chi connectivity index (χ0v) is 11.0. The van der Waals surface area contributed by atoms with Crippen molar-refractivity contribution in [3.63, 3.8) is 0 Å². The van der Waals surface area contributed by atoms with Gasteiger partial charge in [0.15, 0.2) is 0 Å². The third-order valence-electron chi connectivity index (χ3n) is 3.58. The first-order chi connectivity index (χ1) is 9.75. The van der Waals surface area contributed by atoms with Crippen LogP contribution in [0.25, 0.3) is 10.8 Å². The molecule has 0 radical (unpaired) electrons. The Kier molecular flexibility index (Phi) is 3.56. The highest BCUT2D eigenvalue weighted by atomic mass is 16.5. The summed E-state index contributed by atoms with van der Waals surface area (Å²) in [6.45, 7) is 1.44. The van der Waals surface area contributed by atoms with Crippen molar-refractivity contribution in [3.05, 3.63) is 42.0 Å². The Hall–Kier alpha value is -2.07. The van der Waals surface area contributed by atoms with Gasteiger partial charge in [0.1, 0.15) is 11.9 Å². The van der Waals surface area contributed by atoms with E-state index < -0.39 is 5.97 Å². The number of carboxylic acids is 1. The Morgan fingerprint density at radius 2 is 1.80 bits per heavy atom. The first-order valence-corrected chi connectivity index (χ1v) is 6.75. The Balaban J connectivity index is 1.99. The Morgan fingerprint density at radius 3 is 2.50 bits per heavy atom. The summed E-state index contributed by atoms with van der Waals surface area (Å²) in [7, 11) is 0. The molecule has 3 rings (SSSR count). The van der Waals surface area contributed by atoms with Crippen LogP contribution >= 0.6 is 0 Å². The van der Waals surface area contributed by atoms with E-state index in [1.165, 1.54) is 0 Å². The topological polar surface area (TPSA) is 55.8 Å². The molecule has 0 amide bonds. The van der Waals surface area contributed by atoms with Crippen molar-refractivity contribution in [3.8, 4) is 5.75 Å². The first kappa shape index (κ1) is 12.9. The molecule has 20 heavy (non-hydrogen) atoms. The minimum atomic E-state index is -0.918. The van der Waals surface area contributed by atoms with Crippen LogP contribution in [0.1, 0.15) is 23.2 Å². The van der Waals surface area contributed by atoms with E-state index in [4.69, 9.17) is 9.47 Å². The summed E-state index contributed by atoms with van der Waals surface area (Å²) in [6.07, 6.45) is 1.88. The molecule has 1 aliphatic heterocycles. The average Bonchev–Trinajstić information content (AvgIpc) is 2.48. The fourth-order valence-corrected chi connectivity index (χ4v) is 2.53. The van der Waals surface area contributed by atoms with Gasteiger partial charge in [0, 0.05) is 18.2 Å². The number of fused-ring (bicyclic) bond motifs is 1. The van der Waals surface area contributed by atoms with Crippen LogP contribution in [0.3, 0.4) is 0 Å². The van der Waals surface area contributed by atoms with Crippen LogP contribution in [0.5, 0.6) is 5.75 Å². The van der Waals surface area contributed by atoms with E-state index in [9.17, 15) is 9.90 Å². The fraction of sp³-hybridized carbons (Fsp3) is 0.312. The molecule has 4 nitrogen and oxygen atoms in total. The summed E-state index contributed by atoms with van der Waals surface area (Å²) in [5.41, 5.74) is 0.305. The van der Waals surface area contributed by atoms with Crippen LogP contribution in [-0.4, -0.2) is 30.4 Å². The summed E-state index contributed by atoms with van der Waals surface area (Å²) in [5.74, 6) is -0.170. The van der Waals surface area contributed by atoms with Crippen LogP contribution in [0.15, 0.2) is 36.4 Å². The molecule has 0 spiro atoms. The predicted molar refractivity (Wildman–Crippen MR) is 75.4 cm³/mol. The van der Waals surface area contributed by atoms with Gasteiger partial charge in [-0.15, -0.1) is 0 Å². The molecule has 0 aliphatic carbocycles. The smallest absolute Gasteiger partial charge is 0.336 e. The summed E-state index contributed by atoms with van der Waals surface area (Å²) in [5, 5.41) is 10.8. The van der Waals surface area contributed by atoms with Crippen LogP contribution in [-0.2, 0) is 4.74 Å². The first-order valence-electron chi connectivity index (χ1n) is 6.75. The molecule has 1 aliphatic rings. The number of hydrogen-bond acceptors (Lipinski definition) is 3. The molecule has 0 saturated carbocycles. The normalized spacial score (nSPS) is 16.2. The van der Waals surface area contributed by atoms with E-state index in [-0.39, 0.29) is 6.10 Å². The van der Waals surface area contributed by atoms with Crippen LogP contribution in [0, 0.1) is 0 Å². The molecule has 2 aromatic rings. The van der Waals surface area contributed by atoms with E-state index in [1.807, 2.05) is 24.3 Å². The van der Waals surface area contributed by atoms with Crippen molar-refractivity contribution in [2.45, 2.75) is 18.9 Å². The lowest BCUT2D eigenvalue weighted by Crippen LogP contribution is -2.26. The number of benzene rings is 2. The SMILES string of the molecule is O=C(O)c1ccc(OC2CCOCC2)c2ccccc12. The van der Waals surface area contributed by atoms with Gasteiger partial charge in [-0.25, -0.2) is 4.79 Å². The molecule has 0 aromatic heterocycles. The number of carbonyl (C=O) groups is 1. The average molecular weight is 272 g/mol. The maximum Gasteiger partial charge on any atom is 0.336 e. The Labute approximate surface area is 116 Å². The van der Waals surface area contributed by atoms with Gasteiger partial charge in [0.2, 0.25) is 0 Å². The van der Waals surface area contributed by atoms with E-state index in [0.29, 0.717) is 10.9 Å². The van der Waals surface area contributed by atoms with Gasteiger partial charge in [0.25, 0.3) is 0 Å². The van der Waals surface area contributed by atoms with Gasteiger partial charge < -0.3 is 14.6 Å². The molecule has 1 fully saturated rings. The molecule has 0 unspecified atom stereocenters. The highest BCUT2D eigenvalue weighted by Crippen LogP contribution is 2.30. The molecular formula is C16H16O4. The third-order valence-corrected chi connectivity index (χ3v) is 3.58. The number of hydrogen-bond donors (Lipinski definition) is 1. The van der Waals surface area contributed by atoms with E-state index in [2.05, 4.69) is 0 Å². The van der Waals surface area contributed by atoms with Gasteiger partial charge in [-0.2, -0.15) is 0 Å². The second kappa shape index (κ2) is 5.51. The lowest BCUT2D eigenvalue weighted by Gasteiger charge is -2.24. The molecule has 0 bridgehead atoms. The summed E-state index contributed by atoms with van der Waals surface area (Å²) >= 11 is 0. The number of carboxylic acid groups (broad SMARTS) is 1. The number of ether oxygens (including phenoxy) is 2. The van der Waals surface area contributed by atoms with Crippen molar-refractivity contribution in [2.75, 3.05) is 13.2 Å². The molecule has 1 heterocycles. The lowest BCUT2D eigenvalue weighted by atomic mass is 10.0. The maximum atomic E-state index is 11.3. The van der Waals surface area contributed by atoms with Crippen molar-refractivity contribution >= 4 is 16.7 Å². The quantitative estimate of drug-likeness (QED) is 0.932. The molecule has 4 heteroatoms. The van der Waals surface area contributed by atoms with Crippen LogP contribution in [0.4, 0.5) is 0 Å². The Morgan fingerprint density at radius 1 is 1.10 bits per heavy atom. The minimum Gasteiger partial charge on any atom is -0.490 e. The second-order valence-electron chi connectivity index (χ2n) is 4.89. The van der Waals surface area contributed by atoms with Crippen LogP contribution < -0.4 is 4.74 Å². The van der Waals surface area contributed by atoms with E-state index >= 15 is 0 Å². The molecule has 104 valence electrons. The summed E-state index contributed by atoms with van der Waals surface area (Å²) in [4.78, 5) is 11.3. The van der Waals surface area contributed by atoms with Crippen molar-refractivity contribution in [2.24, 2.45) is 0 Å². The van der Waals surface area contributed by atoms with E-state index in [1.54, 1.807) is 12.1 Å². The minimum absolute atomic E-state index is 0.142. The van der Waals surface area contributed by atoms with Crippen molar-refractivity contribution in [1.29, 1.82) is 0 Å². The molecular weight excluding hydrogens is 256 g/mol. The van der Waals surface area contributed by atoms with E-state index in [0.717, 1.165) is 37.2 Å². The summed E-state index contributed by atoms with van der Waals surface area (Å²) < 4.78 is 11.3. The lowest BCUT2D eigenvalue weighted by molar-refractivity contribution is 0.0262. The predicted octanol–water partition coefficient (Wildman–Crippen LogP) is 3.10. The zero-order chi connectivity index (χ0) is 13.9. The molecule has 2 aromatic carbocycles. The van der Waals surface area contributed by atoms with Gasteiger partial charge in [-0.1, -0.05) is 24.3 Å². The van der Waals surface area contributed by atoms with Gasteiger partial charge in [-0.3, -0.25) is 0 Å². The highest BCUT2D eigenvalue weighted by Gasteiger charge is 2.18. The molecule has 1 N–H and O–H groups in total. The van der Waals surface area contributed by atoms with Crippen molar-refractivity contribution < 1.29 is 19.4 Å². The zero-order valence-electron chi connectivity index (χ0n) is 11.0. The third kappa shape index (κ3) is 2.47. The van der Waals surface area contributed by atoms with Gasteiger partial charge in [0.05, 0.1) is 18.8 Å². The monoisotopic (exact) mass is 272 g/mol.